The minimum atomic E-state index is 0.184. The van der Waals surface area contributed by atoms with Crippen molar-refractivity contribution < 1.29 is 4.74 Å². The van der Waals surface area contributed by atoms with Crippen LogP contribution in [-0.2, 0) is 12.8 Å². The molecule has 2 rings (SSSR count). The van der Waals surface area contributed by atoms with Gasteiger partial charge in [0.25, 0.3) is 0 Å². The molecule has 0 aromatic heterocycles. The summed E-state index contributed by atoms with van der Waals surface area (Å²) in [5.41, 5.74) is 8.96. The summed E-state index contributed by atoms with van der Waals surface area (Å²) < 4.78 is 5.34. The number of fused-ring (bicyclic) bond motifs is 1. The Balaban J connectivity index is 2.06. The normalized spacial score (nSPS) is 19.0. The number of nitrogens with two attached hydrogens (primary N) is 1. The van der Waals surface area contributed by atoms with Crippen LogP contribution in [0.5, 0.6) is 5.75 Å². The molecule has 2 N–H and O–H groups in total. The van der Waals surface area contributed by atoms with Gasteiger partial charge in [0.15, 0.2) is 0 Å². The Kier molecular flexibility index (Phi) is 4.71. The lowest BCUT2D eigenvalue weighted by molar-refractivity contribution is 0.153. The van der Waals surface area contributed by atoms with E-state index in [1.807, 2.05) is 0 Å². The summed E-state index contributed by atoms with van der Waals surface area (Å²) in [5.74, 6) is 0.967. The van der Waals surface area contributed by atoms with E-state index >= 15 is 0 Å². The molecular weight excluding hydrogens is 248 g/mol. The van der Waals surface area contributed by atoms with Crippen molar-refractivity contribution in [2.24, 2.45) is 11.1 Å². The fourth-order valence-corrected chi connectivity index (χ4v) is 3.09. The van der Waals surface area contributed by atoms with E-state index in [9.17, 15) is 0 Å². The second kappa shape index (κ2) is 6.15. The van der Waals surface area contributed by atoms with Crippen LogP contribution in [0.4, 0.5) is 0 Å². The summed E-state index contributed by atoms with van der Waals surface area (Å²) >= 11 is 0. The third-order valence-corrected chi connectivity index (χ3v) is 4.47. The molecule has 0 spiro atoms. The molecular formula is C17H28N2O. The third kappa shape index (κ3) is 3.53. The third-order valence-electron chi connectivity index (χ3n) is 4.47. The van der Waals surface area contributed by atoms with E-state index in [-0.39, 0.29) is 5.41 Å². The van der Waals surface area contributed by atoms with Gasteiger partial charge in [0.1, 0.15) is 5.75 Å². The first-order valence-corrected chi connectivity index (χ1v) is 7.51. The van der Waals surface area contributed by atoms with Gasteiger partial charge in [-0.15, -0.1) is 0 Å². The van der Waals surface area contributed by atoms with Crippen molar-refractivity contribution in [1.29, 1.82) is 0 Å². The van der Waals surface area contributed by atoms with Crippen LogP contribution in [-0.4, -0.2) is 38.2 Å². The van der Waals surface area contributed by atoms with Gasteiger partial charge in [0.05, 0.1) is 7.11 Å². The number of nitrogens with zero attached hydrogens (tertiary/aromatic N) is 1. The summed E-state index contributed by atoms with van der Waals surface area (Å²) in [6, 6.07) is 7.10. The molecule has 1 aliphatic rings. The Labute approximate surface area is 123 Å². The SMILES string of the molecule is COc1ccc2c(c1)CC(N(C)CC(C)(C)CN)CC2. The highest BCUT2D eigenvalue weighted by atomic mass is 16.5. The molecule has 1 atom stereocenters. The molecule has 0 saturated carbocycles. The first-order valence-electron chi connectivity index (χ1n) is 7.51. The summed E-state index contributed by atoms with van der Waals surface area (Å²) in [6.45, 7) is 6.26. The lowest BCUT2D eigenvalue weighted by atomic mass is 9.86. The number of benzene rings is 1. The molecule has 0 aliphatic heterocycles. The molecule has 0 radical (unpaired) electrons. The Hall–Kier alpha value is -1.06. The van der Waals surface area contributed by atoms with Crippen molar-refractivity contribution >= 4 is 0 Å². The number of likely N-dealkylation sites (N-methyl/N-ethyl adjacent to an activating group) is 1. The van der Waals surface area contributed by atoms with Crippen LogP contribution >= 0.6 is 0 Å². The second-order valence-corrected chi connectivity index (χ2v) is 6.81. The highest BCUT2D eigenvalue weighted by Crippen LogP contribution is 2.28. The van der Waals surface area contributed by atoms with Crippen LogP contribution < -0.4 is 10.5 Å². The van der Waals surface area contributed by atoms with E-state index in [2.05, 4.69) is 44.0 Å². The van der Waals surface area contributed by atoms with Crippen molar-refractivity contribution in [3.05, 3.63) is 29.3 Å². The zero-order valence-corrected chi connectivity index (χ0v) is 13.3. The van der Waals surface area contributed by atoms with Gasteiger partial charge in [0.2, 0.25) is 0 Å². The average Bonchev–Trinajstić information content (AvgIpc) is 2.45. The second-order valence-electron chi connectivity index (χ2n) is 6.81. The van der Waals surface area contributed by atoms with E-state index in [0.29, 0.717) is 6.04 Å². The van der Waals surface area contributed by atoms with Gasteiger partial charge in [-0.25, -0.2) is 0 Å². The van der Waals surface area contributed by atoms with Gasteiger partial charge in [-0.05, 0) is 61.5 Å². The zero-order valence-electron chi connectivity index (χ0n) is 13.3. The van der Waals surface area contributed by atoms with Gasteiger partial charge in [-0.2, -0.15) is 0 Å². The molecule has 3 heteroatoms. The minimum Gasteiger partial charge on any atom is -0.497 e. The van der Waals surface area contributed by atoms with E-state index in [1.165, 1.54) is 17.5 Å². The molecule has 20 heavy (non-hydrogen) atoms. The fourth-order valence-electron chi connectivity index (χ4n) is 3.09. The van der Waals surface area contributed by atoms with E-state index < -0.39 is 0 Å². The maximum absolute atomic E-state index is 5.86. The topological polar surface area (TPSA) is 38.5 Å². The maximum Gasteiger partial charge on any atom is 0.119 e. The number of methoxy groups -OCH3 is 1. The van der Waals surface area contributed by atoms with Crippen LogP contribution in [0.1, 0.15) is 31.4 Å². The largest absolute Gasteiger partial charge is 0.497 e. The number of aryl methyl sites for hydroxylation is 1. The fraction of sp³-hybridized carbons (Fsp3) is 0.647. The van der Waals surface area contributed by atoms with Gasteiger partial charge >= 0.3 is 0 Å². The lowest BCUT2D eigenvalue weighted by Crippen LogP contribution is -2.44. The monoisotopic (exact) mass is 276 g/mol. The van der Waals surface area contributed by atoms with Crippen molar-refractivity contribution in [2.75, 3.05) is 27.2 Å². The van der Waals surface area contributed by atoms with Gasteiger partial charge in [-0.3, -0.25) is 0 Å². The molecule has 1 unspecified atom stereocenters. The molecule has 0 heterocycles. The lowest BCUT2D eigenvalue weighted by Gasteiger charge is -2.37. The van der Waals surface area contributed by atoms with E-state index in [0.717, 1.165) is 31.7 Å². The minimum absolute atomic E-state index is 0.184. The van der Waals surface area contributed by atoms with E-state index in [1.54, 1.807) is 7.11 Å². The molecule has 0 saturated heterocycles. The van der Waals surface area contributed by atoms with Crippen LogP contribution in [0.3, 0.4) is 0 Å². The van der Waals surface area contributed by atoms with Gasteiger partial charge < -0.3 is 15.4 Å². The number of ether oxygens (including phenoxy) is 1. The highest BCUT2D eigenvalue weighted by Gasteiger charge is 2.26. The van der Waals surface area contributed by atoms with E-state index in [4.69, 9.17) is 10.5 Å². The summed E-state index contributed by atoms with van der Waals surface area (Å²) in [6.07, 6.45) is 3.51. The Morgan fingerprint density at radius 3 is 2.75 bits per heavy atom. The van der Waals surface area contributed by atoms with Gasteiger partial charge in [0, 0.05) is 12.6 Å². The molecule has 3 nitrogen and oxygen atoms in total. The maximum atomic E-state index is 5.86. The highest BCUT2D eigenvalue weighted by molar-refractivity contribution is 5.37. The first-order chi connectivity index (χ1) is 9.45. The molecule has 0 bridgehead atoms. The summed E-state index contributed by atoms with van der Waals surface area (Å²) in [5, 5.41) is 0. The standard InChI is InChI=1S/C17H28N2O/c1-17(2,11-18)12-19(3)15-7-5-13-6-8-16(20-4)10-14(13)9-15/h6,8,10,15H,5,7,9,11-12,18H2,1-4H3. The molecule has 1 aromatic carbocycles. The molecule has 1 aliphatic carbocycles. The first kappa shape index (κ1) is 15.3. The van der Waals surface area contributed by atoms with Crippen LogP contribution in [0.15, 0.2) is 18.2 Å². The smallest absolute Gasteiger partial charge is 0.119 e. The quantitative estimate of drug-likeness (QED) is 0.898. The van der Waals surface area contributed by atoms with Crippen molar-refractivity contribution in [1.82, 2.24) is 4.90 Å². The number of hydrogen-bond acceptors (Lipinski definition) is 3. The Bertz CT molecular complexity index is 456. The number of hydrogen-bond donors (Lipinski definition) is 1. The van der Waals surface area contributed by atoms with Crippen molar-refractivity contribution in [3.8, 4) is 5.75 Å². The Morgan fingerprint density at radius 2 is 2.10 bits per heavy atom. The predicted octanol–water partition coefficient (Wildman–Crippen LogP) is 2.47. The molecule has 1 aromatic rings. The zero-order chi connectivity index (χ0) is 14.8. The summed E-state index contributed by atoms with van der Waals surface area (Å²) in [7, 11) is 3.96. The van der Waals surface area contributed by atoms with Crippen LogP contribution in [0, 0.1) is 5.41 Å². The number of rotatable bonds is 5. The molecule has 112 valence electrons. The molecule has 0 fully saturated rings. The van der Waals surface area contributed by atoms with Crippen LogP contribution in [0.25, 0.3) is 0 Å². The summed E-state index contributed by atoms with van der Waals surface area (Å²) in [4.78, 5) is 2.48. The van der Waals surface area contributed by atoms with Crippen molar-refractivity contribution in [2.45, 2.75) is 39.2 Å². The predicted molar refractivity (Wildman–Crippen MR) is 84.3 cm³/mol. The van der Waals surface area contributed by atoms with Gasteiger partial charge in [-0.1, -0.05) is 19.9 Å². The van der Waals surface area contributed by atoms with Crippen LogP contribution in [0.2, 0.25) is 0 Å². The van der Waals surface area contributed by atoms with Crippen molar-refractivity contribution in [3.63, 3.8) is 0 Å². The average molecular weight is 276 g/mol. The molecule has 0 amide bonds. The Morgan fingerprint density at radius 1 is 1.35 bits per heavy atom.